The zero-order chi connectivity index (χ0) is 31.2. The summed E-state index contributed by atoms with van der Waals surface area (Å²) in [5.41, 5.74) is 3.24. The second-order valence-corrected chi connectivity index (χ2v) is 13.3. The first-order chi connectivity index (χ1) is 22.0. The summed E-state index contributed by atoms with van der Waals surface area (Å²) in [6.07, 6.45) is 9.14. The molecule has 232 valence electrons. The van der Waals surface area contributed by atoms with Gasteiger partial charge in [-0.3, -0.25) is 14.9 Å². The van der Waals surface area contributed by atoms with Crippen molar-refractivity contribution in [1.82, 2.24) is 29.8 Å². The second kappa shape index (κ2) is 14.2. The van der Waals surface area contributed by atoms with Crippen molar-refractivity contribution in [2.75, 3.05) is 57.3 Å². The number of nitrogens with zero attached hydrogens (tertiary/aromatic N) is 6. The van der Waals surface area contributed by atoms with Crippen molar-refractivity contribution in [3.63, 3.8) is 0 Å². The molecule has 1 fully saturated rings. The molecule has 11 nitrogen and oxygen atoms in total. The average molecular weight is 645 g/mol. The molecule has 1 saturated heterocycles. The third-order valence-electron chi connectivity index (χ3n) is 7.28. The maximum Gasteiger partial charge on any atom is 0.229 e. The van der Waals surface area contributed by atoms with Gasteiger partial charge in [0.2, 0.25) is 11.8 Å². The summed E-state index contributed by atoms with van der Waals surface area (Å²) in [5, 5.41) is 8.10. The van der Waals surface area contributed by atoms with Gasteiger partial charge in [0, 0.05) is 48.3 Å². The van der Waals surface area contributed by atoms with Crippen LogP contribution in [-0.4, -0.2) is 76.5 Å². The maximum atomic E-state index is 6.53. The van der Waals surface area contributed by atoms with Crippen LogP contribution in [-0.2, 0) is 0 Å². The highest BCUT2D eigenvalue weighted by Crippen LogP contribution is 2.36. The van der Waals surface area contributed by atoms with E-state index in [4.69, 9.17) is 25.8 Å². The van der Waals surface area contributed by atoms with E-state index in [1.54, 1.807) is 50.1 Å². The standard InChI is InChI=1S/C32H34ClN8O3P/c1-42-27-18-21(44-22-10-11-35-28(19-22)43-17-16-41-14-4-5-15-41)6-7-24(27)39-32-37-20-23(33)31(40-32)38-26-9-8-25-29(30(26)45(2)3)36-13-12-34-25/h6-13,18-20H,4-5,14-17H2,1-3H3,(H2,37,38,39,40). The highest BCUT2D eigenvalue weighted by molar-refractivity contribution is 7.65. The Morgan fingerprint density at radius 3 is 2.51 bits per heavy atom. The number of likely N-dealkylation sites (tertiary alicyclic amines) is 1. The van der Waals surface area contributed by atoms with Crippen LogP contribution in [0.5, 0.6) is 23.1 Å². The fraction of sp³-hybridized carbons (Fsp3) is 0.281. The number of aromatic nitrogens is 5. The molecule has 0 saturated carbocycles. The molecule has 1 aliphatic heterocycles. The fourth-order valence-electron chi connectivity index (χ4n) is 5.13. The number of rotatable bonds is 12. The highest BCUT2D eigenvalue weighted by Gasteiger charge is 2.16. The predicted molar refractivity (Wildman–Crippen MR) is 180 cm³/mol. The van der Waals surface area contributed by atoms with Crippen LogP contribution in [0.1, 0.15) is 12.8 Å². The van der Waals surface area contributed by atoms with Gasteiger partial charge in [0.05, 0.1) is 30.0 Å². The zero-order valence-corrected chi connectivity index (χ0v) is 27.0. The largest absolute Gasteiger partial charge is 0.494 e. The monoisotopic (exact) mass is 644 g/mol. The minimum atomic E-state index is -0.512. The number of ether oxygens (including phenoxy) is 3. The molecule has 0 spiro atoms. The van der Waals surface area contributed by atoms with Crippen LogP contribution >= 0.6 is 19.5 Å². The quantitative estimate of drug-likeness (QED) is 0.143. The topological polar surface area (TPSA) is 119 Å². The van der Waals surface area contributed by atoms with E-state index in [1.165, 1.54) is 12.8 Å². The number of nitrogens with one attached hydrogen (secondary N) is 2. The summed E-state index contributed by atoms with van der Waals surface area (Å²) < 4.78 is 17.6. The molecule has 2 aromatic carbocycles. The average Bonchev–Trinajstić information content (AvgIpc) is 3.57. The van der Waals surface area contributed by atoms with Crippen LogP contribution in [0.25, 0.3) is 11.0 Å². The zero-order valence-electron chi connectivity index (χ0n) is 25.3. The molecular weight excluding hydrogens is 611 g/mol. The van der Waals surface area contributed by atoms with Crippen LogP contribution in [0, 0.1) is 0 Å². The van der Waals surface area contributed by atoms with E-state index in [2.05, 4.69) is 53.8 Å². The van der Waals surface area contributed by atoms with Gasteiger partial charge < -0.3 is 24.8 Å². The van der Waals surface area contributed by atoms with Crippen molar-refractivity contribution in [1.29, 1.82) is 0 Å². The Labute approximate surface area is 268 Å². The molecule has 0 unspecified atom stereocenters. The highest BCUT2D eigenvalue weighted by atomic mass is 35.5. The van der Waals surface area contributed by atoms with Gasteiger partial charge >= 0.3 is 0 Å². The molecule has 0 aliphatic carbocycles. The molecule has 45 heavy (non-hydrogen) atoms. The first-order valence-corrected chi connectivity index (χ1v) is 17.2. The second-order valence-electron chi connectivity index (χ2n) is 10.6. The van der Waals surface area contributed by atoms with Crippen molar-refractivity contribution in [3.8, 4) is 23.1 Å². The Balaban J connectivity index is 1.15. The van der Waals surface area contributed by atoms with E-state index in [-0.39, 0.29) is 0 Å². The number of hydrogen-bond acceptors (Lipinski definition) is 11. The number of pyridine rings is 1. The van der Waals surface area contributed by atoms with E-state index >= 15 is 0 Å². The maximum absolute atomic E-state index is 6.53. The predicted octanol–water partition coefficient (Wildman–Crippen LogP) is 6.60. The number of benzene rings is 2. The van der Waals surface area contributed by atoms with Crippen molar-refractivity contribution < 1.29 is 14.2 Å². The minimum absolute atomic E-state index is 0.344. The van der Waals surface area contributed by atoms with Crippen molar-refractivity contribution in [2.45, 2.75) is 12.8 Å². The third-order valence-corrected chi connectivity index (χ3v) is 8.90. The van der Waals surface area contributed by atoms with Gasteiger partial charge in [-0.25, -0.2) is 9.97 Å². The lowest BCUT2D eigenvalue weighted by Gasteiger charge is -2.17. The lowest BCUT2D eigenvalue weighted by molar-refractivity contribution is 0.231. The smallest absolute Gasteiger partial charge is 0.229 e. The van der Waals surface area contributed by atoms with Crippen LogP contribution in [0.2, 0.25) is 5.02 Å². The van der Waals surface area contributed by atoms with E-state index in [9.17, 15) is 0 Å². The van der Waals surface area contributed by atoms with E-state index in [0.29, 0.717) is 52.2 Å². The molecule has 13 heteroatoms. The number of anilines is 4. The first kappa shape index (κ1) is 30.7. The Morgan fingerprint density at radius 1 is 0.889 bits per heavy atom. The van der Waals surface area contributed by atoms with Gasteiger partial charge in [0.1, 0.15) is 28.9 Å². The van der Waals surface area contributed by atoms with Gasteiger partial charge in [-0.2, -0.15) is 4.98 Å². The summed E-state index contributed by atoms with van der Waals surface area (Å²) in [4.78, 5) is 24.8. The Kier molecular flexibility index (Phi) is 9.69. The summed E-state index contributed by atoms with van der Waals surface area (Å²) in [6, 6.07) is 13.0. The SMILES string of the molecule is COc1cc(Oc2ccnc(OCCN3CCCC3)c2)ccc1Nc1ncc(Cl)c(Nc2ccc3nccnc3c2P(C)C)n1. The first-order valence-electron chi connectivity index (χ1n) is 14.6. The molecule has 5 aromatic rings. The van der Waals surface area contributed by atoms with Gasteiger partial charge in [-0.05, 0) is 69.6 Å². The van der Waals surface area contributed by atoms with Crippen LogP contribution in [0.3, 0.4) is 0 Å². The molecule has 2 N–H and O–H groups in total. The van der Waals surface area contributed by atoms with Crippen molar-refractivity contribution in [2.24, 2.45) is 0 Å². The Bertz CT molecular complexity index is 1790. The van der Waals surface area contributed by atoms with Crippen LogP contribution in [0.4, 0.5) is 23.1 Å². The number of hydrogen-bond donors (Lipinski definition) is 2. The number of halogens is 1. The van der Waals surface area contributed by atoms with E-state index < -0.39 is 7.92 Å². The molecule has 0 atom stereocenters. The van der Waals surface area contributed by atoms with Gasteiger partial charge in [-0.1, -0.05) is 19.5 Å². The minimum Gasteiger partial charge on any atom is -0.494 e. The fourth-order valence-corrected chi connectivity index (χ4v) is 6.48. The van der Waals surface area contributed by atoms with Crippen LogP contribution < -0.4 is 30.1 Å². The molecule has 3 aromatic heterocycles. The Morgan fingerprint density at radius 2 is 1.69 bits per heavy atom. The molecule has 0 bridgehead atoms. The van der Waals surface area contributed by atoms with Gasteiger partial charge in [-0.15, -0.1) is 0 Å². The summed E-state index contributed by atoms with van der Waals surface area (Å²) in [5.74, 6) is 3.09. The lowest BCUT2D eigenvalue weighted by atomic mass is 10.2. The molecular formula is C32H34ClN8O3P. The third kappa shape index (κ3) is 7.50. The number of fused-ring (bicyclic) bond motifs is 1. The van der Waals surface area contributed by atoms with Crippen molar-refractivity contribution in [3.05, 3.63) is 72.3 Å². The normalized spacial score (nSPS) is 13.3. The van der Waals surface area contributed by atoms with Crippen molar-refractivity contribution >= 4 is 59.0 Å². The molecule has 1 aliphatic rings. The van der Waals surface area contributed by atoms with Crippen LogP contribution in [0.15, 0.2) is 67.3 Å². The molecule has 0 radical (unpaired) electrons. The summed E-state index contributed by atoms with van der Waals surface area (Å²) in [6.45, 7) is 8.11. The molecule has 4 heterocycles. The lowest BCUT2D eigenvalue weighted by Crippen LogP contribution is -2.25. The summed E-state index contributed by atoms with van der Waals surface area (Å²) >= 11 is 6.53. The number of methoxy groups -OCH3 is 1. The summed E-state index contributed by atoms with van der Waals surface area (Å²) in [7, 11) is 1.08. The van der Waals surface area contributed by atoms with E-state index in [1.807, 2.05) is 24.3 Å². The molecule has 6 rings (SSSR count). The van der Waals surface area contributed by atoms with E-state index in [0.717, 1.165) is 41.7 Å². The van der Waals surface area contributed by atoms with Gasteiger partial charge in [0.25, 0.3) is 0 Å². The van der Waals surface area contributed by atoms with Gasteiger partial charge in [0.15, 0.2) is 5.82 Å². The molecule has 0 amide bonds. The Hall–Kier alpha value is -4.31.